The second-order valence-corrected chi connectivity index (χ2v) is 7.00. The number of hydrogen-bond donors (Lipinski definition) is 1. The van der Waals surface area contributed by atoms with Gasteiger partial charge >= 0.3 is 0 Å². The maximum Gasteiger partial charge on any atom is 0.261 e. The second-order valence-electron chi connectivity index (χ2n) is 6.00. The van der Waals surface area contributed by atoms with E-state index in [1.54, 1.807) is 42.2 Å². The summed E-state index contributed by atoms with van der Waals surface area (Å²) >= 11 is 1.55. The molecule has 1 aliphatic heterocycles. The number of carbonyl (C=O) groups is 2. The second kappa shape index (κ2) is 5.57. The molecule has 0 saturated carbocycles. The Bertz CT molecular complexity index is 677. The summed E-state index contributed by atoms with van der Waals surface area (Å²) in [5, 5.41) is 11.1. The van der Waals surface area contributed by atoms with Crippen LogP contribution in [0.1, 0.15) is 34.6 Å². The molecule has 3 rings (SSSR count). The molecule has 1 aromatic carbocycles. The van der Waals surface area contributed by atoms with E-state index in [4.69, 9.17) is 0 Å². The normalized spacial score (nSPS) is 14.5. The van der Waals surface area contributed by atoms with Crippen LogP contribution in [0.3, 0.4) is 0 Å². The molecule has 7 heteroatoms. The summed E-state index contributed by atoms with van der Waals surface area (Å²) in [6, 6.07) is 6.96. The molecular formula is C15H16N4O2S. The highest BCUT2D eigenvalue weighted by atomic mass is 32.2. The number of aromatic nitrogens is 3. The van der Waals surface area contributed by atoms with Crippen molar-refractivity contribution in [1.29, 1.82) is 0 Å². The first-order valence-electron chi connectivity index (χ1n) is 6.92. The van der Waals surface area contributed by atoms with Gasteiger partial charge in [0.15, 0.2) is 0 Å². The average Bonchev–Trinajstić information content (AvgIpc) is 3.09. The van der Waals surface area contributed by atoms with Gasteiger partial charge in [-0.1, -0.05) is 26.0 Å². The van der Waals surface area contributed by atoms with Crippen molar-refractivity contribution in [2.75, 3.05) is 12.3 Å². The van der Waals surface area contributed by atoms with Gasteiger partial charge in [0.05, 0.1) is 17.3 Å². The summed E-state index contributed by atoms with van der Waals surface area (Å²) in [6.45, 7) is 4.44. The number of rotatable bonds is 5. The summed E-state index contributed by atoms with van der Waals surface area (Å²) in [4.78, 5) is 26.1. The predicted molar refractivity (Wildman–Crippen MR) is 82.7 cm³/mol. The smallest absolute Gasteiger partial charge is 0.261 e. The van der Waals surface area contributed by atoms with Crippen LogP contribution < -0.4 is 0 Å². The first kappa shape index (κ1) is 14.8. The number of thioether (sulfide) groups is 1. The lowest BCUT2D eigenvalue weighted by atomic mass is 9.95. The topological polar surface area (TPSA) is 79.0 Å². The van der Waals surface area contributed by atoms with Gasteiger partial charge in [0.25, 0.3) is 11.8 Å². The van der Waals surface area contributed by atoms with E-state index in [1.807, 2.05) is 13.8 Å². The summed E-state index contributed by atoms with van der Waals surface area (Å²) in [5.41, 5.74) is 0.761. The monoisotopic (exact) mass is 316 g/mol. The van der Waals surface area contributed by atoms with E-state index in [0.717, 1.165) is 10.8 Å². The molecule has 6 nitrogen and oxygen atoms in total. The van der Waals surface area contributed by atoms with Crippen LogP contribution in [-0.4, -0.2) is 44.4 Å². The lowest BCUT2D eigenvalue weighted by Crippen LogP contribution is -2.39. The van der Waals surface area contributed by atoms with Gasteiger partial charge in [-0.2, -0.15) is 10.3 Å². The Balaban J connectivity index is 1.70. The lowest BCUT2D eigenvalue weighted by molar-refractivity contribution is 0.0602. The van der Waals surface area contributed by atoms with Gasteiger partial charge in [-0.15, -0.1) is 16.9 Å². The largest absolute Gasteiger partial charge is 0.274 e. The fraction of sp³-hybridized carbons (Fsp3) is 0.333. The van der Waals surface area contributed by atoms with Crippen LogP contribution >= 0.6 is 11.8 Å². The molecule has 0 bridgehead atoms. The van der Waals surface area contributed by atoms with Crippen molar-refractivity contribution >= 4 is 23.6 Å². The Morgan fingerprint density at radius 3 is 2.36 bits per heavy atom. The zero-order valence-electron chi connectivity index (χ0n) is 12.4. The Morgan fingerprint density at radius 2 is 1.82 bits per heavy atom. The third kappa shape index (κ3) is 2.76. The Kier molecular flexibility index (Phi) is 3.74. The van der Waals surface area contributed by atoms with Crippen LogP contribution in [0.15, 0.2) is 35.5 Å². The summed E-state index contributed by atoms with van der Waals surface area (Å²) in [6.07, 6.45) is 1.66. The zero-order chi connectivity index (χ0) is 15.7. The number of amides is 2. The van der Waals surface area contributed by atoms with Crippen molar-refractivity contribution in [3.63, 3.8) is 0 Å². The first-order valence-corrected chi connectivity index (χ1v) is 7.90. The molecule has 0 unspecified atom stereocenters. The van der Waals surface area contributed by atoms with Crippen molar-refractivity contribution in [2.45, 2.75) is 18.9 Å². The molecule has 1 aromatic heterocycles. The first-order chi connectivity index (χ1) is 10.5. The van der Waals surface area contributed by atoms with Crippen LogP contribution in [0.2, 0.25) is 0 Å². The van der Waals surface area contributed by atoms with Gasteiger partial charge in [0, 0.05) is 12.3 Å². The molecular weight excluding hydrogens is 300 g/mol. The molecule has 1 aliphatic rings. The van der Waals surface area contributed by atoms with Gasteiger partial charge in [-0.3, -0.25) is 14.5 Å². The van der Waals surface area contributed by atoms with Gasteiger partial charge in [0.1, 0.15) is 5.03 Å². The van der Waals surface area contributed by atoms with Gasteiger partial charge in [-0.05, 0) is 17.5 Å². The number of aromatic amines is 1. The minimum absolute atomic E-state index is 0.208. The van der Waals surface area contributed by atoms with Gasteiger partial charge in [0.2, 0.25) is 0 Å². The van der Waals surface area contributed by atoms with Crippen LogP contribution in [0.25, 0.3) is 0 Å². The van der Waals surface area contributed by atoms with Crippen molar-refractivity contribution < 1.29 is 9.59 Å². The Hall–Kier alpha value is -2.15. The van der Waals surface area contributed by atoms with Crippen molar-refractivity contribution in [3.8, 4) is 0 Å². The number of H-pyrrole nitrogens is 1. The molecule has 0 radical (unpaired) electrons. The van der Waals surface area contributed by atoms with Crippen LogP contribution in [0.5, 0.6) is 0 Å². The maximum atomic E-state index is 12.4. The number of benzene rings is 1. The van der Waals surface area contributed by atoms with E-state index in [1.165, 1.54) is 4.90 Å². The summed E-state index contributed by atoms with van der Waals surface area (Å²) < 4.78 is 0. The third-order valence-corrected chi connectivity index (χ3v) is 4.89. The maximum absolute atomic E-state index is 12.4. The number of nitrogens with one attached hydrogen (secondary N) is 1. The molecule has 0 atom stereocenters. The minimum Gasteiger partial charge on any atom is -0.274 e. The SMILES string of the molecule is CC(C)(CSc1cn[nH]n1)CN1C(=O)c2ccccc2C1=O. The van der Waals surface area contributed by atoms with E-state index in [-0.39, 0.29) is 17.2 Å². The molecule has 22 heavy (non-hydrogen) atoms. The fourth-order valence-corrected chi connectivity index (χ4v) is 3.25. The molecule has 1 N–H and O–H groups in total. The molecule has 2 heterocycles. The highest BCUT2D eigenvalue weighted by Crippen LogP contribution is 2.30. The minimum atomic E-state index is -0.225. The van der Waals surface area contributed by atoms with E-state index in [0.29, 0.717) is 17.7 Å². The Morgan fingerprint density at radius 1 is 1.18 bits per heavy atom. The van der Waals surface area contributed by atoms with Crippen molar-refractivity contribution in [3.05, 3.63) is 41.6 Å². The van der Waals surface area contributed by atoms with E-state index in [9.17, 15) is 9.59 Å². The van der Waals surface area contributed by atoms with Gasteiger partial charge in [-0.25, -0.2) is 0 Å². The number of nitrogens with zero attached hydrogens (tertiary/aromatic N) is 3. The number of fused-ring (bicyclic) bond motifs is 1. The average molecular weight is 316 g/mol. The van der Waals surface area contributed by atoms with Crippen LogP contribution in [-0.2, 0) is 0 Å². The highest BCUT2D eigenvalue weighted by molar-refractivity contribution is 7.99. The molecule has 2 amide bonds. The quantitative estimate of drug-likeness (QED) is 0.676. The fourth-order valence-electron chi connectivity index (χ4n) is 2.39. The van der Waals surface area contributed by atoms with Crippen molar-refractivity contribution in [2.24, 2.45) is 5.41 Å². The number of imide groups is 1. The highest BCUT2D eigenvalue weighted by Gasteiger charge is 2.38. The molecule has 0 saturated heterocycles. The van der Waals surface area contributed by atoms with Crippen LogP contribution in [0, 0.1) is 5.41 Å². The number of carbonyl (C=O) groups excluding carboxylic acids is 2. The standard InChI is InChI=1S/C15H16N4O2S/c1-15(2,9-22-12-7-16-18-17-12)8-19-13(20)10-5-3-4-6-11(10)14(19)21/h3-7H,8-9H2,1-2H3,(H,16,17,18). The van der Waals surface area contributed by atoms with E-state index >= 15 is 0 Å². The zero-order valence-corrected chi connectivity index (χ0v) is 13.2. The molecule has 114 valence electrons. The van der Waals surface area contributed by atoms with Gasteiger partial charge < -0.3 is 0 Å². The van der Waals surface area contributed by atoms with Crippen LogP contribution in [0.4, 0.5) is 0 Å². The lowest BCUT2D eigenvalue weighted by Gasteiger charge is -2.28. The predicted octanol–water partition coefficient (Wildman–Crippen LogP) is 2.22. The third-order valence-electron chi connectivity index (χ3n) is 3.47. The summed E-state index contributed by atoms with van der Waals surface area (Å²) in [5.74, 6) is 0.313. The molecule has 0 fully saturated rings. The molecule has 2 aromatic rings. The summed E-state index contributed by atoms with van der Waals surface area (Å²) in [7, 11) is 0. The molecule has 0 spiro atoms. The molecule has 0 aliphatic carbocycles. The van der Waals surface area contributed by atoms with E-state index in [2.05, 4.69) is 15.4 Å². The Labute approximate surface area is 132 Å². The van der Waals surface area contributed by atoms with E-state index < -0.39 is 0 Å². The van der Waals surface area contributed by atoms with Crippen molar-refractivity contribution in [1.82, 2.24) is 20.3 Å². The number of hydrogen-bond acceptors (Lipinski definition) is 5.